The van der Waals surface area contributed by atoms with Crippen LogP contribution in [0.4, 0.5) is 0 Å². The second-order valence-electron chi connectivity index (χ2n) is 5.55. The Hall–Kier alpha value is -2.14. The monoisotopic (exact) mass is 312 g/mol. The molecule has 2 aromatic heterocycles. The van der Waals surface area contributed by atoms with Gasteiger partial charge in [0.05, 0.1) is 17.5 Å². The lowest BCUT2D eigenvalue weighted by Gasteiger charge is -2.13. The summed E-state index contributed by atoms with van der Waals surface area (Å²) >= 11 is 1.48. The van der Waals surface area contributed by atoms with Gasteiger partial charge in [0, 0.05) is 29.9 Å². The van der Waals surface area contributed by atoms with E-state index >= 15 is 0 Å². The lowest BCUT2D eigenvalue weighted by Crippen LogP contribution is -2.26. The highest BCUT2D eigenvalue weighted by molar-refractivity contribution is 7.20. The van der Waals surface area contributed by atoms with Crippen molar-refractivity contribution >= 4 is 38.4 Å². The number of hydrogen-bond acceptors (Lipinski definition) is 4. The van der Waals surface area contributed by atoms with Crippen molar-refractivity contribution < 1.29 is 9.53 Å². The van der Waals surface area contributed by atoms with Crippen LogP contribution >= 0.6 is 11.3 Å². The lowest BCUT2D eigenvalue weighted by molar-refractivity contribution is 0.0797. The fraction of sp³-hybridized carbons (Fsp3) is 0.294. The number of ether oxygens (including phenoxy) is 1. The first-order chi connectivity index (χ1) is 10.7. The zero-order valence-electron chi connectivity index (χ0n) is 12.3. The van der Waals surface area contributed by atoms with Crippen molar-refractivity contribution in [2.24, 2.45) is 0 Å². The molecule has 1 saturated heterocycles. The first-order valence-corrected chi connectivity index (χ1v) is 8.24. The SMILES string of the molecule is COc1ccc2cc3cc(C(=O)N4CCCC4)sc3nc2c1. The van der Waals surface area contributed by atoms with Gasteiger partial charge in [-0.05, 0) is 37.1 Å². The summed E-state index contributed by atoms with van der Waals surface area (Å²) in [6.07, 6.45) is 2.22. The van der Waals surface area contributed by atoms with Crippen molar-refractivity contribution in [2.75, 3.05) is 20.2 Å². The van der Waals surface area contributed by atoms with Crippen molar-refractivity contribution in [2.45, 2.75) is 12.8 Å². The second kappa shape index (κ2) is 5.25. The van der Waals surface area contributed by atoms with E-state index in [1.807, 2.05) is 29.2 Å². The quantitative estimate of drug-likeness (QED) is 0.724. The van der Waals surface area contributed by atoms with Gasteiger partial charge in [0.15, 0.2) is 0 Å². The van der Waals surface area contributed by atoms with Gasteiger partial charge in [-0.2, -0.15) is 0 Å². The zero-order chi connectivity index (χ0) is 15.1. The average molecular weight is 312 g/mol. The molecule has 1 aliphatic rings. The van der Waals surface area contributed by atoms with Crippen LogP contribution in [0.25, 0.3) is 21.1 Å². The highest BCUT2D eigenvalue weighted by Gasteiger charge is 2.21. The average Bonchev–Trinajstić information content (AvgIpc) is 3.20. The fourth-order valence-corrected chi connectivity index (χ4v) is 3.90. The number of amides is 1. The molecule has 0 bridgehead atoms. The zero-order valence-corrected chi connectivity index (χ0v) is 13.2. The molecule has 0 spiro atoms. The summed E-state index contributed by atoms with van der Waals surface area (Å²) in [5.41, 5.74) is 0.897. The molecule has 0 saturated carbocycles. The number of carbonyl (C=O) groups excluding carboxylic acids is 1. The number of methoxy groups -OCH3 is 1. The molecule has 1 amide bonds. The van der Waals surface area contributed by atoms with Crippen LogP contribution in [-0.2, 0) is 0 Å². The topological polar surface area (TPSA) is 42.4 Å². The molecule has 0 unspecified atom stereocenters. The summed E-state index contributed by atoms with van der Waals surface area (Å²) in [7, 11) is 1.65. The molecular formula is C17H16N2O2S. The van der Waals surface area contributed by atoms with Crippen LogP contribution in [0, 0.1) is 0 Å². The van der Waals surface area contributed by atoms with E-state index in [0.717, 1.165) is 57.7 Å². The summed E-state index contributed by atoms with van der Waals surface area (Å²) in [5, 5.41) is 2.09. The largest absolute Gasteiger partial charge is 0.497 e. The van der Waals surface area contributed by atoms with Crippen LogP contribution in [0.2, 0.25) is 0 Å². The summed E-state index contributed by atoms with van der Waals surface area (Å²) in [4.78, 5) is 20.8. The molecule has 0 aliphatic carbocycles. The lowest BCUT2D eigenvalue weighted by atomic mass is 10.2. The van der Waals surface area contributed by atoms with Crippen molar-refractivity contribution in [1.82, 2.24) is 9.88 Å². The number of aromatic nitrogens is 1. The maximum absolute atomic E-state index is 12.5. The number of thiophene rings is 1. The number of pyridine rings is 1. The molecule has 0 atom stereocenters. The first kappa shape index (κ1) is 13.5. The molecule has 0 N–H and O–H groups in total. The molecule has 1 aromatic carbocycles. The summed E-state index contributed by atoms with van der Waals surface area (Å²) in [6, 6.07) is 9.92. The van der Waals surface area contributed by atoms with Gasteiger partial charge in [-0.3, -0.25) is 4.79 Å². The molecule has 1 fully saturated rings. The van der Waals surface area contributed by atoms with Crippen LogP contribution < -0.4 is 4.74 Å². The molecule has 4 nitrogen and oxygen atoms in total. The molecule has 3 aromatic rings. The van der Waals surface area contributed by atoms with Gasteiger partial charge < -0.3 is 9.64 Å². The minimum absolute atomic E-state index is 0.141. The van der Waals surface area contributed by atoms with E-state index in [1.165, 1.54) is 11.3 Å². The number of likely N-dealkylation sites (tertiary alicyclic amines) is 1. The Labute approximate surface area is 132 Å². The predicted octanol–water partition coefficient (Wildman–Crippen LogP) is 3.69. The number of rotatable bonds is 2. The van der Waals surface area contributed by atoms with Crippen molar-refractivity contribution in [3.05, 3.63) is 35.2 Å². The van der Waals surface area contributed by atoms with Gasteiger partial charge >= 0.3 is 0 Å². The number of fused-ring (bicyclic) bond motifs is 2. The van der Waals surface area contributed by atoms with Gasteiger partial charge in [0.25, 0.3) is 5.91 Å². The minimum atomic E-state index is 0.141. The van der Waals surface area contributed by atoms with Crippen LogP contribution in [0.3, 0.4) is 0 Å². The molecule has 1 aliphatic heterocycles. The molecule has 3 heterocycles. The highest BCUT2D eigenvalue weighted by Crippen LogP contribution is 2.30. The van der Waals surface area contributed by atoms with Gasteiger partial charge in [-0.15, -0.1) is 11.3 Å². The maximum atomic E-state index is 12.5. The molecular weight excluding hydrogens is 296 g/mol. The Morgan fingerprint density at radius 3 is 2.77 bits per heavy atom. The third kappa shape index (κ3) is 2.22. The highest BCUT2D eigenvalue weighted by atomic mass is 32.1. The van der Waals surface area contributed by atoms with Crippen LogP contribution in [0.1, 0.15) is 22.5 Å². The summed E-state index contributed by atoms with van der Waals surface area (Å²) in [6.45, 7) is 1.75. The van der Waals surface area contributed by atoms with E-state index in [1.54, 1.807) is 7.11 Å². The maximum Gasteiger partial charge on any atom is 0.264 e. The van der Waals surface area contributed by atoms with Crippen molar-refractivity contribution in [3.8, 4) is 5.75 Å². The fourth-order valence-electron chi connectivity index (χ4n) is 2.91. The van der Waals surface area contributed by atoms with E-state index in [4.69, 9.17) is 4.74 Å². The van der Waals surface area contributed by atoms with E-state index < -0.39 is 0 Å². The number of hydrogen-bond donors (Lipinski definition) is 0. The number of benzene rings is 1. The van der Waals surface area contributed by atoms with E-state index in [0.29, 0.717) is 0 Å². The third-order valence-electron chi connectivity index (χ3n) is 4.11. The molecule has 112 valence electrons. The minimum Gasteiger partial charge on any atom is -0.497 e. The van der Waals surface area contributed by atoms with Gasteiger partial charge in [-0.25, -0.2) is 4.98 Å². The Kier molecular flexibility index (Phi) is 3.22. The Morgan fingerprint density at radius 2 is 2.00 bits per heavy atom. The van der Waals surface area contributed by atoms with Crippen molar-refractivity contribution in [3.63, 3.8) is 0 Å². The van der Waals surface area contributed by atoms with E-state index in [-0.39, 0.29) is 5.91 Å². The van der Waals surface area contributed by atoms with Gasteiger partial charge in [0.2, 0.25) is 0 Å². The molecule has 5 heteroatoms. The van der Waals surface area contributed by atoms with E-state index in [2.05, 4.69) is 11.1 Å². The summed E-state index contributed by atoms with van der Waals surface area (Å²) < 4.78 is 5.25. The summed E-state index contributed by atoms with van der Waals surface area (Å²) in [5.74, 6) is 0.936. The first-order valence-electron chi connectivity index (χ1n) is 7.42. The van der Waals surface area contributed by atoms with Gasteiger partial charge in [-0.1, -0.05) is 0 Å². The van der Waals surface area contributed by atoms with Gasteiger partial charge in [0.1, 0.15) is 10.6 Å². The van der Waals surface area contributed by atoms with Crippen LogP contribution in [-0.4, -0.2) is 36.0 Å². The Bertz CT molecular complexity index is 866. The van der Waals surface area contributed by atoms with Crippen molar-refractivity contribution in [1.29, 1.82) is 0 Å². The second-order valence-corrected chi connectivity index (χ2v) is 6.58. The third-order valence-corrected chi connectivity index (χ3v) is 5.15. The molecule has 0 radical (unpaired) electrons. The Morgan fingerprint density at radius 1 is 1.18 bits per heavy atom. The van der Waals surface area contributed by atoms with E-state index in [9.17, 15) is 4.79 Å². The smallest absolute Gasteiger partial charge is 0.264 e. The number of nitrogens with zero attached hydrogens (tertiary/aromatic N) is 2. The standard InChI is InChI=1S/C17H16N2O2S/c1-21-13-5-4-11-8-12-9-15(17(20)19-6-2-3-7-19)22-16(12)18-14(11)10-13/h4-5,8-10H,2-3,6-7H2,1H3. The molecule has 4 rings (SSSR count). The molecule has 22 heavy (non-hydrogen) atoms. The Balaban J connectivity index is 1.79. The normalized spacial score (nSPS) is 14.9. The van der Waals surface area contributed by atoms with Crippen LogP contribution in [0.5, 0.6) is 5.75 Å². The van der Waals surface area contributed by atoms with Crippen LogP contribution in [0.15, 0.2) is 30.3 Å². The number of carbonyl (C=O) groups is 1. The predicted molar refractivity (Wildman–Crippen MR) is 88.8 cm³/mol.